The largest absolute Gasteiger partial charge is 0.326 e. The molecule has 0 bridgehead atoms. The van der Waals surface area contributed by atoms with Crippen LogP contribution in [0.1, 0.15) is 20.8 Å². The summed E-state index contributed by atoms with van der Waals surface area (Å²) in [5.74, 6) is 0.138. The van der Waals surface area contributed by atoms with E-state index in [1.54, 1.807) is 0 Å². The molecule has 0 radical (unpaired) electrons. The minimum atomic E-state index is -2.88. The molecule has 3 nitrogen and oxygen atoms in total. The Morgan fingerprint density at radius 3 is 2.85 bits per heavy atom. The van der Waals surface area contributed by atoms with Crippen LogP contribution in [0.25, 0.3) is 0 Å². The SMILES string of the molecule is CC1=CC=CC(C)(O[PH](=O)O)C1C. The van der Waals surface area contributed by atoms with E-state index in [-0.39, 0.29) is 5.92 Å². The van der Waals surface area contributed by atoms with Gasteiger partial charge in [0.1, 0.15) is 0 Å². The van der Waals surface area contributed by atoms with E-state index in [4.69, 9.17) is 9.42 Å². The predicted octanol–water partition coefficient (Wildman–Crippen LogP) is 2.30. The third kappa shape index (κ3) is 2.31. The maximum Gasteiger partial charge on any atom is 0.317 e. The summed E-state index contributed by atoms with van der Waals surface area (Å²) in [5.41, 5.74) is 0.525. The Labute approximate surface area is 79.1 Å². The van der Waals surface area contributed by atoms with Crippen molar-refractivity contribution in [2.75, 3.05) is 0 Å². The summed E-state index contributed by atoms with van der Waals surface area (Å²) in [5, 5.41) is 0. The molecule has 0 saturated carbocycles. The first-order valence-electron chi connectivity index (χ1n) is 4.23. The second kappa shape index (κ2) is 3.79. The van der Waals surface area contributed by atoms with Crippen molar-refractivity contribution in [1.82, 2.24) is 0 Å². The van der Waals surface area contributed by atoms with Crippen molar-refractivity contribution in [3.63, 3.8) is 0 Å². The molecule has 13 heavy (non-hydrogen) atoms. The van der Waals surface area contributed by atoms with Crippen LogP contribution in [-0.4, -0.2) is 10.5 Å². The summed E-state index contributed by atoms with van der Waals surface area (Å²) in [6, 6.07) is 0. The lowest BCUT2D eigenvalue weighted by atomic mass is 9.82. The quantitative estimate of drug-likeness (QED) is 0.699. The lowest BCUT2D eigenvalue weighted by Gasteiger charge is -2.34. The Morgan fingerprint density at radius 1 is 1.69 bits per heavy atom. The van der Waals surface area contributed by atoms with Gasteiger partial charge in [-0.1, -0.05) is 30.7 Å². The van der Waals surface area contributed by atoms with Gasteiger partial charge in [-0.05, 0) is 13.8 Å². The van der Waals surface area contributed by atoms with Crippen LogP contribution in [0.3, 0.4) is 0 Å². The highest BCUT2D eigenvalue weighted by atomic mass is 31.1. The van der Waals surface area contributed by atoms with E-state index >= 15 is 0 Å². The molecule has 0 aromatic carbocycles. The van der Waals surface area contributed by atoms with Gasteiger partial charge in [-0.15, -0.1) is 0 Å². The van der Waals surface area contributed by atoms with Gasteiger partial charge >= 0.3 is 8.25 Å². The Morgan fingerprint density at radius 2 is 2.31 bits per heavy atom. The van der Waals surface area contributed by atoms with E-state index in [9.17, 15) is 4.57 Å². The van der Waals surface area contributed by atoms with Gasteiger partial charge in [-0.25, -0.2) is 0 Å². The van der Waals surface area contributed by atoms with E-state index in [0.29, 0.717) is 0 Å². The van der Waals surface area contributed by atoms with Gasteiger partial charge in [0, 0.05) is 5.92 Å². The molecule has 3 atom stereocenters. The van der Waals surface area contributed by atoms with Crippen molar-refractivity contribution >= 4 is 8.25 Å². The summed E-state index contributed by atoms with van der Waals surface area (Å²) >= 11 is 0. The van der Waals surface area contributed by atoms with E-state index in [1.807, 2.05) is 39.0 Å². The molecule has 4 heteroatoms. The molecular formula is C9H15O3P. The fourth-order valence-electron chi connectivity index (χ4n) is 1.44. The van der Waals surface area contributed by atoms with Crippen LogP contribution in [0.5, 0.6) is 0 Å². The summed E-state index contributed by atoms with van der Waals surface area (Å²) in [4.78, 5) is 8.74. The monoisotopic (exact) mass is 202 g/mol. The van der Waals surface area contributed by atoms with E-state index in [2.05, 4.69) is 0 Å². The zero-order valence-electron chi connectivity index (χ0n) is 8.07. The maximum absolute atomic E-state index is 10.6. The summed E-state index contributed by atoms with van der Waals surface area (Å²) < 4.78 is 15.7. The number of allylic oxidation sites excluding steroid dienone is 2. The van der Waals surface area contributed by atoms with Crippen molar-refractivity contribution in [3.8, 4) is 0 Å². The summed E-state index contributed by atoms with van der Waals surface area (Å²) in [6.45, 7) is 5.80. The molecule has 1 aliphatic carbocycles. The first kappa shape index (κ1) is 10.7. The average Bonchev–Trinajstić information content (AvgIpc) is 1.99. The number of hydrogen-bond donors (Lipinski definition) is 1. The molecule has 3 unspecified atom stereocenters. The zero-order chi connectivity index (χ0) is 10.1. The Balaban J connectivity index is 2.86. The van der Waals surface area contributed by atoms with Gasteiger partial charge < -0.3 is 4.89 Å². The molecular weight excluding hydrogens is 187 g/mol. The molecule has 0 fully saturated rings. The highest BCUT2D eigenvalue weighted by molar-refractivity contribution is 7.32. The van der Waals surface area contributed by atoms with Gasteiger partial charge in [0.05, 0.1) is 5.60 Å². The number of rotatable bonds is 2. The zero-order valence-corrected chi connectivity index (χ0v) is 9.07. The van der Waals surface area contributed by atoms with E-state index < -0.39 is 13.9 Å². The fourth-order valence-corrected chi connectivity index (χ4v) is 2.06. The summed E-state index contributed by atoms with van der Waals surface area (Å²) in [6.07, 6.45) is 5.67. The lowest BCUT2D eigenvalue weighted by molar-refractivity contribution is 0.0906. The van der Waals surface area contributed by atoms with Gasteiger partial charge in [0.15, 0.2) is 0 Å². The fraction of sp³-hybridized carbons (Fsp3) is 0.556. The van der Waals surface area contributed by atoms with Gasteiger partial charge in [0.2, 0.25) is 0 Å². The molecule has 0 aliphatic heterocycles. The van der Waals surface area contributed by atoms with Crippen LogP contribution in [0.4, 0.5) is 0 Å². The lowest BCUT2D eigenvalue weighted by Crippen LogP contribution is -2.34. The molecule has 0 aromatic heterocycles. The van der Waals surface area contributed by atoms with Crippen LogP contribution < -0.4 is 0 Å². The minimum absolute atomic E-state index is 0.138. The van der Waals surface area contributed by atoms with E-state index in [0.717, 1.165) is 5.57 Å². The van der Waals surface area contributed by atoms with Crippen molar-refractivity contribution < 1.29 is 14.0 Å². The molecule has 74 valence electrons. The third-order valence-electron chi connectivity index (χ3n) is 2.64. The predicted molar refractivity (Wildman–Crippen MR) is 52.8 cm³/mol. The van der Waals surface area contributed by atoms with Crippen LogP contribution in [-0.2, 0) is 9.09 Å². The topological polar surface area (TPSA) is 46.5 Å². The smallest absolute Gasteiger partial charge is 0.317 e. The molecule has 1 N–H and O–H groups in total. The number of hydrogen-bond acceptors (Lipinski definition) is 2. The Bertz CT molecular complexity index is 283. The standard InChI is InChI=1S/C9H15O3P/c1-7-5-4-6-9(3,8(7)2)12-13(10)11/h4-6,8,13H,1-3H3,(H,10,11). The highest BCUT2D eigenvalue weighted by Gasteiger charge is 2.33. The van der Waals surface area contributed by atoms with Gasteiger partial charge in [-0.3, -0.25) is 9.09 Å². The maximum atomic E-state index is 10.6. The first-order chi connectivity index (χ1) is 5.96. The average molecular weight is 202 g/mol. The van der Waals surface area contributed by atoms with Gasteiger partial charge in [0.25, 0.3) is 0 Å². The van der Waals surface area contributed by atoms with Crippen LogP contribution in [0.15, 0.2) is 23.8 Å². The normalized spacial score (nSPS) is 35.7. The molecule has 1 aliphatic rings. The van der Waals surface area contributed by atoms with Crippen LogP contribution in [0, 0.1) is 5.92 Å². The second-order valence-electron chi connectivity index (χ2n) is 3.54. The third-order valence-corrected chi connectivity index (χ3v) is 3.25. The molecule has 1 rings (SSSR count). The van der Waals surface area contributed by atoms with Crippen molar-refractivity contribution in [2.24, 2.45) is 5.92 Å². The Kier molecular flexibility index (Phi) is 3.12. The second-order valence-corrected chi connectivity index (χ2v) is 4.28. The summed E-state index contributed by atoms with van der Waals surface area (Å²) in [7, 11) is -2.88. The van der Waals surface area contributed by atoms with Crippen LogP contribution >= 0.6 is 8.25 Å². The Hall–Kier alpha value is -0.370. The van der Waals surface area contributed by atoms with Crippen LogP contribution in [0.2, 0.25) is 0 Å². The highest BCUT2D eigenvalue weighted by Crippen LogP contribution is 2.38. The minimum Gasteiger partial charge on any atom is -0.326 e. The molecule has 0 spiro atoms. The van der Waals surface area contributed by atoms with E-state index in [1.165, 1.54) is 0 Å². The van der Waals surface area contributed by atoms with Crippen molar-refractivity contribution in [3.05, 3.63) is 23.8 Å². The van der Waals surface area contributed by atoms with Crippen molar-refractivity contribution in [2.45, 2.75) is 26.4 Å². The molecule has 0 aromatic rings. The first-order valence-corrected chi connectivity index (χ1v) is 5.50. The van der Waals surface area contributed by atoms with Gasteiger partial charge in [-0.2, -0.15) is 0 Å². The molecule has 0 amide bonds. The molecule has 0 saturated heterocycles. The molecule has 0 heterocycles. The van der Waals surface area contributed by atoms with Crippen molar-refractivity contribution in [1.29, 1.82) is 0 Å².